The molecule has 0 aromatic carbocycles. The summed E-state index contributed by atoms with van der Waals surface area (Å²) in [6.45, 7) is 3.90. The van der Waals surface area contributed by atoms with Crippen molar-refractivity contribution in [3.63, 3.8) is 0 Å². The first kappa shape index (κ1) is 15.2. The first-order chi connectivity index (χ1) is 8.86. The van der Waals surface area contributed by atoms with Crippen molar-refractivity contribution in [2.45, 2.75) is 71.3 Å². The van der Waals surface area contributed by atoms with Crippen LogP contribution in [0.2, 0.25) is 0 Å². The third-order valence-corrected chi connectivity index (χ3v) is 3.23. The van der Waals surface area contributed by atoms with Crippen LogP contribution in [0.15, 0.2) is 6.20 Å². The normalized spacial score (nSPS) is 11.0. The number of hydrogen-bond acceptors (Lipinski definition) is 3. The number of rotatable bonds is 11. The molecule has 0 radical (unpaired) electrons. The van der Waals surface area contributed by atoms with E-state index in [1.54, 1.807) is 0 Å². The highest BCUT2D eigenvalue weighted by Crippen LogP contribution is 2.08. The Morgan fingerprint density at radius 3 is 2.39 bits per heavy atom. The van der Waals surface area contributed by atoms with Crippen LogP contribution in [0.3, 0.4) is 0 Å². The van der Waals surface area contributed by atoms with Gasteiger partial charge in [0.25, 0.3) is 0 Å². The summed E-state index contributed by atoms with van der Waals surface area (Å²) in [6.07, 6.45) is 13.6. The van der Waals surface area contributed by atoms with Crippen LogP contribution in [-0.4, -0.2) is 21.5 Å². The molecule has 4 nitrogen and oxygen atoms in total. The lowest BCUT2D eigenvalue weighted by molar-refractivity contribution is 0.511. The van der Waals surface area contributed by atoms with Crippen LogP contribution in [0.25, 0.3) is 0 Å². The average Bonchev–Trinajstić information content (AvgIpc) is 2.81. The molecule has 2 N–H and O–H groups in total. The summed E-state index contributed by atoms with van der Waals surface area (Å²) in [4.78, 5) is 0. The number of hydrogen-bond donors (Lipinski definition) is 1. The van der Waals surface area contributed by atoms with Crippen LogP contribution in [-0.2, 0) is 13.0 Å². The van der Waals surface area contributed by atoms with Crippen molar-refractivity contribution in [2.75, 3.05) is 6.54 Å². The Morgan fingerprint density at radius 2 is 1.72 bits per heavy atom. The zero-order valence-electron chi connectivity index (χ0n) is 11.8. The van der Waals surface area contributed by atoms with E-state index in [2.05, 4.69) is 17.2 Å². The van der Waals surface area contributed by atoms with Gasteiger partial charge in [0.2, 0.25) is 0 Å². The topological polar surface area (TPSA) is 56.7 Å². The van der Waals surface area contributed by atoms with Gasteiger partial charge in [0.1, 0.15) is 0 Å². The van der Waals surface area contributed by atoms with E-state index in [4.69, 9.17) is 5.73 Å². The minimum atomic E-state index is 0.649. The molecular formula is C14H28N4. The number of aryl methyl sites for hydroxylation is 1. The monoisotopic (exact) mass is 252 g/mol. The zero-order valence-corrected chi connectivity index (χ0v) is 11.8. The van der Waals surface area contributed by atoms with Gasteiger partial charge in [-0.25, -0.2) is 0 Å². The summed E-state index contributed by atoms with van der Waals surface area (Å²) < 4.78 is 1.95. The van der Waals surface area contributed by atoms with Gasteiger partial charge in [0.15, 0.2) is 0 Å². The molecule has 0 aliphatic heterocycles. The Kier molecular flexibility index (Phi) is 8.47. The molecule has 0 spiro atoms. The molecule has 0 saturated carbocycles. The standard InChI is InChI=1S/C14H28N4/c1-2-3-4-5-6-7-8-9-12-18-13-14(10-11-15)16-17-18/h13H,2-12,15H2,1H3. The van der Waals surface area contributed by atoms with Crippen LogP contribution in [0.1, 0.15) is 64.0 Å². The highest BCUT2D eigenvalue weighted by Gasteiger charge is 1.99. The third kappa shape index (κ3) is 6.74. The van der Waals surface area contributed by atoms with Gasteiger partial charge in [-0.2, -0.15) is 0 Å². The summed E-state index contributed by atoms with van der Waals surface area (Å²) >= 11 is 0. The molecule has 1 rings (SSSR count). The SMILES string of the molecule is CCCCCCCCCCn1cc(CCN)nn1. The van der Waals surface area contributed by atoms with Gasteiger partial charge in [-0.3, -0.25) is 4.68 Å². The number of unbranched alkanes of at least 4 members (excludes halogenated alkanes) is 7. The van der Waals surface area contributed by atoms with E-state index in [0.29, 0.717) is 6.54 Å². The van der Waals surface area contributed by atoms with Crippen LogP contribution >= 0.6 is 0 Å². The second kappa shape index (κ2) is 10.1. The van der Waals surface area contributed by atoms with Gasteiger partial charge < -0.3 is 5.73 Å². The second-order valence-electron chi connectivity index (χ2n) is 4.99. The fourth-order valence-corrected chi connectivity index (χ4v) is 2.12. The third-order valence-electron chi connectivity index (χ3n) is 3.23. The van der Waals surface area contributed by atoms with Crippen molar-refractivity contribution >= 4 is 0 Å². The van der Waals surface area contributed by atoms with E-state index in [1.807, 2.05) is 10.9 Å². The van der Waals surface area contributed by atoms with Crippen LogP contribution in [0.4, 0.5) is 0 Å². The summed E-state index contributed by atoms with van der Waals surface area (Å²) in [6, 6.07) is 0. The van der Waals surface area contributed by atoms with Crippen molar-refractivity contribution < 1.29 is 0 Å². The van der Waals surface area contributed by atoms with E-state index < -0.39 is 0 Å². The lowest BCUT2D eigenvalue weighted by atomic mass is 10.1. The molecular weight excluding hydrogens is 224 g/mol. The molecule has 0 amide bonds. The Bertz CT molecular complexity index is 296. The average molecular weight is 252 g/mol. The van der Waals surface area contributed by atoms with Gasteiger partial charge in [-0.05, 0) is 13.0 Å². The predicted molar refractivity (Wildman–Crippen MR) is 75.4 cm³/mol. The number of nitrogens with zero attached hydrogens (tertiary/aromatic N) is 3. The van der Waals surface area contributed by atoms with Crippen molar-refractivity contribution in [1.29, 1.82) is 0 Å². The molecule has 4 heteroatoms. The highest BCUT2D eigenvalue weighted by molar-refractivity contribution is 4.92. The summed E-state index contributed by atoms with van der Waals surface area (Å²) in [5.41, 5.74) is 6.49. The minimum absolute atomic E-state index is 0.649. The number of aromatic nitrogens is 3. The fraction of sp³-hybridized carbons (Fsp3) is 0.857. The number of nitrogens with two attached hydrogens (primary N) is 1. The predicted octanol–water partition coefficient (Wildman–Crippen LogP) is 2.92. The van der Waals surface area contributed by atoms with Crippen LogP contribution < -0.4 is 5.73 Å². The molecule has 0 unspecified atom stereocenters. The lowest BCUT2D eigenvalue weighted by Crippen LogP contribution is -2.02. The molecule has 0 aliphatic carbocycles. The van der Waals surface area contributed by atoms with E-state index in [-0.39, 0.29) is 0 Å². The molecule has 1 aromatic heterocycles. The van der Waals surface area contributed by atoms with E-state index in [0.717, 1.165) is 18.7 Å². The van der Waals surface area contributed by atoms with Crippen molar-refractivity contribution in [3.8, 4) is 0 Å². The molecule has 0 fully saturated rings. The van der Waals surface area contributed by atoms with Crippen LogP contribution in [0.5, 0.6) is 0 Å². The van der Waals surface area contributed by atoms with Crippen molar-refractivity contribution in [1.82, 2.24) is 15.0 Å². The lowest BCUT2D eigenvalue weighted by Gasteiger charge is -2.01. The Hall–Kier alpha value is -0.900. The minimum Gasteiger partial charge on any atom is -0.330 e. The maximum absolute atomic E-state index is 5.48. The van der Waals surface area contributed by atoms with E-state index in [9.17, 15) is 0 Å². The van der Waals surface area contributed by atoms with Gasteiger partial charge in [-0.15, -0.1) is 5.10 Å². The molecule has 0 saturated heterocycles. The summed E-state index contributed by atoms with van der Waals surface area (Å²) in [7, 11) is 0. The van der Waals surface area contributed by atoms with Crippen LogP contribution in [0, 0.1) is 0 Å². The first-order valence-corrected chi connectivity index (χ1v) is 7.46. The van der Waals surface area contributed by atoms with Crippen molar-refractivity contribution in [3.05, 3.63) is 11.9 Å². The Morgan fingerprint density at radius 1 is 1.06 bits per heavy atom. The molecule has 18 heavy (non-hydrogen) atoms. The van der Waals surface area contributed by atoms with Gasteiger partial charge >= 0.3 is 0 Å². The smallest absolute Gasteiger partial charge is 0.0839 e. The molecule has 1 aromatic rings. The van der Waals surface area contributed by atoms with E-state index >= 15 is 0 Å². The second-order valence-corrected chi connectivity index (χ2v) is 4.99. The summed E-state index contributed by atoms with van der Waals surface area (Å²) in [5.74, 6) is 0. The molecule has 0 atom stereocenters. The summed E-state index contributed by atoms with van der Waals surface area (Å²) in [5, 5.41) is 8.19. The molecule has 1 heterocycles. The quantitative estimate of drug-likeness (QED) is 0.616. The molecule has 104 valence electrons. The largest absolute Gasteiger partial charge is 0.330 e. The Labute approximate surface area is 111 Å². The zero-order chi connectivity index (χ0) is 13.1. The molecule has 0 bridgehead atoms. The maximum atomic E-state index is 5.48. The van der Waals surface area contributed by atoms with Gasteiger partial charge in [-0.1, -0.05) is 57.1 Å². The fourth-order valence-electron chi connectivity index (χ4n) is 2.12. The highest BCUT2D eigenvalue weighted by atomic mass is 15.4. The van der Waals surface area contributed by atoms with Gasteiger partial charge in [0, 0.05) is 19.2 Å². The Balaban J connectivity index is 1.96. The van der Waals surface area contributed by atoms with Gasteiger partial charge in [0.05, 0.1) is 5.69 Å². The van der Waals surface area contributed by atoms with E-state index in [1.165, 1.54) is 51.4 Å². The van der Waals surface area contributed by atoms with Crippen molar-refractivity contribution in [2.24, 2.45) is 5.73 Å². The molecule has 0 aliphatic rings. The first-order valence-electron chi connectivity index (χ1n) is 7.46. The maximum Gasteiger partial charge on any atom is 0.0839 e.